The first-order valence-corrected chi connectivity index (χ1v) is 19.7. The Morgan fingerprint density at radius 1 is 0.471 bits per heavy atom. The van der Waals surface area contributed by atoms with Crippen molar-refractivity contribution in [3.05, 3.63) is 168 Å². The highest BCUT2D eigenvalue weighted by atomic mass is 32.1. The van der Waals surface area contributed by atoms with Crippen LogP contribution >= 0.6 is 34.0 Å². The molecule has 0 saturated carbocycles. The molecule has 51 heavy (non-hydrogen) atoms. The van der Waals surface area contributed by atoms with E-state index in [2.05, 4.69) is 162 Å². The molecule has 0 aliphatic heterocycles. The summed E-state index contributed by atoms with van der Waals surface area (Å²) in [4.78, 5) is 0. The molecule has 2 atom stereocenters. The molecule has 0 amide bonds. The Hall–Kier alpha value is -4.92. The topological polar surface area (TPSA) is 50.1 Å². The molecule has 7 aromatic carbocycles. The van der Waals surface area contributed by atoms with Gasteiger partial charge in [0.15, 0.2) is 0 Å². The molecule has 4 N–H and O–H groups in total. The maximum Gasteiger partial charge on any atom is 0.0852 e. The second-order valence-corrected chi connectivity index (χ2v) is 16.2. The van der Waals surface area contributed by atoms with Gasteiger partial charge in [0.2, 0.25) is 0 Å². The van der Waals surface area contributed by atoms with Crippen molar-refractivity contribution >= 4 is 94.5 Å². The van der Waals surface area contributed by atoms with Gasteiger partial charge in [-0.05, 0) is 29.3 Å². The van der Waals surface area contributed by atoms with E-state index in [1.54, 1.807) is 0 Å². The zero-order chi connectivity index (χ0) is 33.9. The number of rotatable bonds is 8. The average molecular weight is 712 g/mol. The number of hydrogen-bond acceptors (Lipinski definition) is 6. The van der Waals surface area contributed by atoms with Crippen molar-refractivity contribution in [3.63, 3.8) is 0 Å². The largest absolute Gasteiger partial charge is 0.312 e. The predicted molar refractivity (Wildman–Crippen MR) is 223 cm³/mol. The van der Waals surface area contributed by atoms with Crippen LogP contribution in [0.1, 0.15) is 29.0 Å². The van der Waals surface area contributed by atoms with Crippen LogP contribution in [0, 0.1) is 0 Å². The van der Waals surface area contributed by atoms with Crippen molar-refractivity contribution in [2.75, 3.05) is 0 Å². The number of benzene rings is 7. The minimum atomic E-state index is -0.353. The second-order valence-electron chi connectivity index (χ2n) is 13.1. The van der Waals surface area contributed by atoms with Gasteiger partial charge in [0.25, 0.3) is 0 Å². The molecular formula is C45H33N3S3. The van der Waals surface area contributed by atoms with E-state index in [1.807, 2.05) is 34.0 Å². The van der Waals surface area contributed by atoms with Gasteiger partial charge in [0, 0.05) is 83.8 Å². The molecule has 0 radical (unpaired) electrons. The summed E-state index contributed by atoms with van der Waals surface area (Å²) < 4.78 is 7.86. The molecule has 246 valence electrons. The van der Waals surface area contributed by atoms with E-state index < -0.39 is 0 Å². The van der Waals surface area contributed by atoms with Gasteiger partial charge in [-0.25, -0.2) is 0 Å². The summed E-state index contributed by atoms with van der Waals surface area (Å²) in [6, 6.07) is 54.8. The summed E-state index contributed by atoms with van der Waals surface area (Å²) in [5.74, 6) is 0. The summed E-state index contributed by atoms with van der Waals surface area (Å²) >= 11 is 5.61. The third-order valence-corrected chi connectivity index (χ3v) is 13.7. The third kappa shape index (κ3) is 5.35. The van der Waals surface area contributed by atoms with Crippen LogP contribution in [-0.4, -0.2) is 0 Å². The van der Waals surface area contributed by atoms with Crippen molar-refractivity contribution in [3.8, 4) is 11.1 Å². The molecule has 10 rings (SSSR count). The molecule has 0 fully saturated rings. The molecule has 0 saturated heterocycles. The minimum absolute atomic E-state index is 0.141. The zero-order valence-electron chi connectivity index (χ0n) is 27.6. The number of nitrogens with one attached hydrogen (secondary N) is 2. The van der Waals surface area contributed by atoms with Crippen LogP contribution < -0.4 is 16.4 Å². The van der Waals surface area contributed by atoms with E-state index in [9.17, 15) is 0 Å². The van der Waals surface area contributed by atoms with Gasteiger partial charge in [-0.15, -0.1) is 34.0 Å². The molecule has 2 unspecified atom stereocenters. The molecular weight excluding hydrogens is 679 g/mol. The van der Waals surface area contributed by atoms with E-state index in [1.165, 1.54) is 77.2 Å². The standard InChI is InChI=1S/C45H33N3S3/c46-44(37-20-10-17-33-30-14-5-7-22-39(30)50-43(33)37)48-45(28-11-2-1-3-12-28)47-26-27-23-24-31-34-16-9-19-36(42(34)51-40(31)25-27)35-18-8-15-32-29-13-4-6-21-38(29)49-41(32)35/h1-25,44-45,47-48H,26,46H2. The first-order valence-electron chi connectivity index (χ1n) is 17.2. The number of thiophene rings is 3. The van der Waals surface area contributed by atoms with Crippen molar-refractivity contribution in [2.24, 2.45) is 5.73 Å². The molecule has 0 bridgehead atoms. The number of nitrogens with two attached hydrogens (primary N) is 1. The summed E-state index contributed by atoms with van der Waals surface area (Å²) in [6.45, 7) is 0.699. The summed E-state index contributed by atoms with van der Waals surface area (Å²) in [5, 5.41) is 15.4. The fourth-order valence-electron chi connectivity index (χ4n) is 7.55. The molecule has 0 aliphatic carbocycles. The predicted octanol–water partition coefficient (Wildman–Crippen LogP) is 12.5. The van der Waals surface area contributed by atoms with Crippen LogP contribution in [0.5, 0.6) is 0 Å². The zero-order valence-corrected chi connectivity index (χ0v) is 30.0. The summed E-state index contributed by atoms with van der Waals surface area (Å²) in [7, 11) is 0. The van der Waals surface area contributed by atoms with Gasteiger partial charge >= 0.3 is 0 Å². The van der Waals surface area contributed by atoms with E-state index >= 15 is 0 Å². The Morgan fingerprint density at radius 2 is 1.00 bits per heavy atom. The van der Waals surface area contributed by atoms with Crippen LogP contribution in [0.4, 0.5) is 0 Å². The Labute approximate surface area is 307 Å². The summed E-state index contributed by atoms with van der Waals surface area (Å²) in [6.07, 6.45) is -0.495. The van der Waals surface area contributed by atoms with E-state index in [-0.39, 0.29) is 12.3 Å². The van der Waals surface area contributed by atoms with Crippen LogP contribution in [0.15, 0.2) is 152 Å². The van der Waals surface area contributed by atoms with E-state index in [0.29, 0.717) is 6.54 Å². The lowest BCUT2D eigenvalue weighted by molar-refractivity contribution is 0.387. The highest BCUT2D eigenvalue weighted by Gasteiger charge is 2.20. The van der Waals surface area contributed by atoms with Crippen LogP contribution in [0.25, 0.3) is 71.6 Å². The maximum atomic E-state index is 6.98. The molecule has 3 aromatic heterocycles. The number of fused-ring (bicyclic) bond motifs is 9. The van der Waals surface area contributed by atoms with Crippen LogP contribution in [0.3, 0.4) is 0 Å². The molecule has 3 heterocycles. The van der Waals surface area contributed by atoms with Gasteiger partial charge in [-0.2, -0.15) is 0 Å². The Bertz CT molecular complexity index is 2880. The lowest BCUT2D eigenvalue weighted by Gasteiger charge is -2.25. The molecule has 0 spiro atoms. The van der Waals surface area contributed by atoms with Crippen molar-refractivity contribution in [1.29, 1.82) is 0 Å². The van der Waals surface area contributed by atoms with Gasteiger partial charge in [0.1, 0.15) is 0 Å². The first-order chi connectivity index (χ1) is 25.2. The first kappa shape index (κ1) is 30.9. The fourth-order valence-corrected chi connectivity index (χ4v) is 11.3. The molecule has 10 aromatic rings. The van der Waals surface area contributed by atoms with E-state index in [4.69, 9.17) is 5.73 Å². The minimum Gasteiger partial charge on any atom is -0.312 e. The quantitative estimate of drug-likeness (QED) is 0.138. The third-order valence-electron chi connectivity index (χ3n) is 10.0. The molecule has 0 aliphatic rings. The second kappa shape index (κ2) is 12.7. The monoisotopic (exact) mass is 711 g/mol. The SMILES string of the molecule is NC(NC(NCc1ccc2c(c1)sc1c(-c3cccc4c3sc3ccccc34)cccc12)c1ccccc1)c1cccc2c1sc1ccccc12. The molecule has 3 nitrogen and oxygen atoms in total. The van der Waals surface area contributed by atoms with Crippen LogP contribution in [-0.2, 0) is 6.54 Å². The smallest absolute Gasteiger partial charge is 0.0852 e. The Balaban J connectivity index is 0.970. The van der Waals surface area contributed by atoms with Crippen LogP contribution in [0.2, 0.25) is 0 Å². The highest BCUT2D eigenvalue weighted by molar-refractivity contribution is 7.27. The Kier molecular flexibility index (Phi) is 7.68. The van der Waals surface area contributed by atoms with Crippen molar-refractivity contribution in [1.82, 2.24) is 10.6 Å². The van der Waals surface area contributed by atoms with Gasteiger partial charge < -0.3 is 5.73 Å². The number of hydrogen-bond donors (Lipinski definition) is 3. The lowest BCUT2D eigenvalue weighted by Crippen LogP contribution is -2.39. The normalized spacial score (nSPS) is 13.3. The van der Waals surface area contributed by atoms with Crippen molar-refractivity contribution in [2.45, 2.75) is 18.9 Å². The summed E-state index contributed by atoms with van der Waals surface area (Å²) in [5.41, 5.74) is 13.1. The van der Waals surface area contributed by atoms with E-state index in [0.717, 1.165) is 11.1 Å². The van der Waals surface area contributed by atoms with Crippen molar-refractivity contribution < 1.29 is 0 Å². The van der Waals surface area contributed by atoms with Gasteiger partial charge in [-0.1, -0.05) is 133 Å². The fraction of sp³-hybridized carbons (Fsp3) is 0.0667. The van der Waals surface area contributed by atoms with Gasteiger partial charge in [-0.3, -0.25) is 10.6 Å². The lowest BCUT2D eigenvalue weighted by atomic mass is 10.0. The Morgan fingerprint density at radius 3 is 1.69 bits per heavy atom. The maximum absolute atomic E-state index is 6.98. The average Bonchev–Trinajstić information content (AvgIpc) is 3.88. The molecule has 6 heteroatoms. The van der Waals surface area contributed by atoms with Gasteiger partial charge in [0.05, 0.1) is 12.3 Å². The highest BCUT2D eigenvalue weighted by Crippen LogP contribution is 2.45.